The average Bonchev–Trinajstić information content (AvgIpc) is 2.52. The van der Waals surface area contributed by atoms with E-state index in [2.05, 4.69) is 5.32 Å². The fourth-order valence-corrected chi connectivity index (χ4v) is 2.00. The molecular weight excluding hydrogens is 222 g/mol. The van der Waals surface area contributed by atoms with Crippen LogP contribution in [0.4, 0.5) is 11.4 Å². The van der Waals surface area contributed by atoms with Crippen molar-refractivity contribution in [3.05, 3.63) is 11.9 Å². The molecule has 0 spiro atoms. The number of carbonyl (C=O) groups is 2. The minimum absolute atomic E-state index is 0.143. The van der Waals surface area contributed by atoms with Crippen LogP contribution < -0.4 is 10.2 Å². The number of anilines is 2. The smallest absolute Gasteiger partial charge is 0.354 e. The third kappa shape index (κ3) is 1.40. The highest BCUT2D eigenvalue weighted by Crippen LogP contribution is 2.39. The summed E-state index contributed by atoms with van der Waals surface area (Å²) >= 11 is 0. The van der Waals surface area contributed by atoms with Crippen LogP contribution in [0.2, 0.25) is 0 Å². The second-order valence-corrected chi connectivity index (χ2v) is 4.73. The predicted octanol–water partition coefficient (Wildman–Crippen LogP) is 0.890. The van der Waals surface area contributed by atoms with Crippen LogP contribution in [0.3, 0.4) is 0 Å². The normalized spacial score (nSPS) is 17.6. The average molecular weight is 237 g/mol. The second kappa shape index (κ2) is 3.26. The number of amides is 1. The molecule has 0 radical (unpaired) electrons. The Morgan fingerprint density at radius 2 is 2.00 bits per heavy atom. The number of likely N-dealkylation sites (N-methyl/N-ethyl adjacent to an activating group) is 1. The summed E-state index contributed by atoms with van der Waals surface area (Å²) in [6.45, 7) is 3.51. The standard InChI is InChI=1S/C11H15N3O3/c1-11(2)10(17)12-6-5-13(3)8(9(15)16)7(6)14(11)4/h5H,1-4H3,(H,12,17)(H,15,16). The topological polar surface area (TPSA) is 74.6 Å². The summed E-state index contributed by atoms with van der Waals surface area (Å²) in [5.41, 5.74) is 0.496. The summed E-state index contributed by atoms with van der Waals surface area (Å²) in [6, 6.07) is 0. The SMILES string of the molecule is CN1c2c(cn(C)c2C(=O)O)NC(=O)C1(C)C. The maximum absolute atomic E-state index is 11.9. The molecule has 0 unspecified atom stereocenters. The van der Waals surface area contributed by atoms with Crippen molar-refractivity contribution in [3.8, 4) is 0 Å². The van der Waals surface area contributed by atoms with Crippen molar-refractivity contribution >= 4 is 23.3 Å². The van der Waals surface area contributed by atoms with E-state index in [-0.39, 0.29) is 11.6 Å². The first-order valence-corrected chi connectivity index (χ1v) is 5.24. The van der Waals surface area contributed by atoms with Gasteiger partial charge in [-0.05, 0) is 13.8 Å². The first-order chi connectivity index (χ1) is 7.76. The van der Waals surface area contributed by atoms with Gasteiger partial charge < -0.3 is 19.9 Å². The number of nitrogens with zero attached hydrogens (tertiary/aromatic N) is 2. The quantitative estimate of drug-likeness (QED) is 0.760. The maximum atomic E-state index is 11.9. The van der Waals surface area contributed by atoms with Gasteiger partial charge in [0.2, 0.25) is 5.91 Å². The Morgan fingerprint density at radius 1 is 1.41 bits per heavy atom. The van der Waals surface area contributed by atoms with E-state index in [0.717, 1.165) is 0 Å². The van der Waals surface area contributed by atoms with Crippen LogP contribution in [0, 0.1) is 0 Å². The van der Waals surface area contributed by atoms with Crippen molar-refractivity contribution in [3.63, 3.8) is 0 Å². The molecule has 0 bridgehead atoms. The number of hydrogen-bond donors (Lipinski definition) is 2. The first kappa shape index (κ1) is 11.5. The summed E-state index contributed by atoms with van der Waals surface area (Å²) < 4.78 is 1.51. The molecule has 1 aliphatic rings. The molecule has 0 aromatic carbocycles. The summed E-state index contributed by atoms with van der Waals surface area (Å²) in [5.74, 6) is -1.15. The van der Waals surface area contributed by atoms with Gasteiger partial charge in [0.15, 0.2) is 5.69 Å². The van der Waals surface area contributed by atoms with Gasteiger partial charge in [-0.1, -0.05) is 0 Å². The number of carboxylic acids is 1. The van der Waals surface area contributed by atoms with Crippen LogP contribution in [0.15, 0.2) is 6.20 Å². The molecule has 0 atom stereocenters. The van der Waals surface area contributed by atoms with Crippen LogP contribution in [0.1, 0.15) is 24.3 Å². The zero-order valence-electron chi connectivity index (χ0n) is 10.2. The summed E-state index contributed by atoms with van der Waals surface area (Å²) in [7, 11) is 3.37. The molecule has 17 heavy (non-hydrogen) atoms. The van der Waals surface area contributed by atoms with Crippen molar-refractivity contribution in [1.29, 1.82) is 0 Å². The monoisotopic (exact) mass is 237 g/mol. The van der Waals surface area contributed by atoms with Crippen LogP contribution in [0.25, 0.3) is 0 Å². The first-order valence-electron chi connectivity index (χ1n) is 5.24. The lowest BCUT2D eigenvalue weighted by atomic mass is 9.98. The molecule has 2 rings (SSSR count). The van der Waals surface area contributed by atoms with Crippen LogP contribution in [-0.4, -0.2) is 34.1 Å². The Morgan fingerprint density at radius 3 is 2.53 bits per heavy atom. The molecule has 0 saturated heterocycles. The molecule has 0 aliphatic carbocycles. The van der Waals surface area contributed by atoms with Gasteiger partial charge in [0.25, 0.3) is 0 Å². The summed E-state index contributed by atoms with van der Waals surface area (Å²) in [5, 5.41) is 11.9. The number of carbonyl (C=O) groups excluding carboxylic acids is 1. The maximum Gasteiger partial charge on any atom is 0.354 e. The largest absolute Gasteiger partial charge is 0.477 e. The van der Waals surface area contributed by atoms with Crippen molar-refractivity contribution < 1.29 is 14.7 Å². The van der Waals surface area contributed by atoms with Gasteiger partial charge in [0.1, 0.15) is 5.54 Å². The highest BCUT2D eigenvalue weighted by atomic mass is 16.4. The van der Waals surface area contributed by atoms with Crippen LogP contribution in [-0.2, 0) is 11.8 Å². The number of nitrogens with one attached hydrogen (secondary N) is 1. The lowest BCUT2D eigenvalue weighted by molar-refractivity contribution is -0.120. The van der Waals surface area contributed by atoms with E-state index >= 15 is 0 Å². The van der Waals surface area contributed by atoms with E-state index in [1.807, 2.05) is 0 Å². The van der Waals surface area contributed by atoms with Gasteiger partial charge in [-0.25, -0.2) is 4.79 Å². The number of carboxylic acid groups (broad SMARTS) is 1. The molecule has 6 heteroatoms. The van der Waals surface area contributed by atoms with Gasteiger partial charge in [-0.3, -0.25) is 4.79 Å². The van der Waals surface area contributed by atoms with Gasteiger partial charge in [0.05, 0.1) is 11.4 Å². The zero-order chi connectivity index (χ0) is 13.0. The van der Waals surface area contributed by atoms with Crippen molar-refractivity contribution in [1.82, 2.24) is 4.57 Å². The molecule has 1 aromatic heterocycles. The Balaban J connectivity index is 2.68. The third-order valence-electron chi connectivity index (χ3n) is 3.34. The number of rotatable bonds is 1. The van der Waals surface area contributed by atoms with E-state index in [1.165, 1.54) is 4.57 Å². The van der Waals surface area contributed by atoms with Gasteiger partial charge in [-0.2, -0.15) is 0 Å². The number of aromatic carboxylic acids is 1. The minimum Gasteiger partial charge on any atom is -0.477 e. The minimum atomic E-state index is -1.01. The molecule has 2 N–H and O–H groups in total. The molecule has 6 nitrogen and oxygen atoms in total. The molecular formula is C11H15N3O3. The molecule has 1 amide bonds. The van der Waals surface area contributed by atoms with Crippen LogP contribution >= 0.6 is 0 Å². The predicted molar refractivity (Wildman–Crippen MR) is 63.5 cm³/mol. The number of aromatic nitrogens is 1. The van der Waals surface area contributed by atoms with Gasteiger partial charge in [0, 0.05) is 20.3 Å². The lowest BCUT2D eigenvalue weighted by Gasteiger charge is -2.40. The fraction of sp³-hybridized carbons (Fsp3) is 0.455. The summed E-state index contributed by atoms with van der Waals surface area (Å²) in [6.07, 6.45) is 1.61. The Bertz CT molecular complexity index is 516. The van der Waals surface area contributed by atoms with E-state index in [4.69, 9.17) is 0 Å². The van der Waals surface area contributed by atoms with Crippen molar-refractivity contribution in [2.45, 2.75) is 19.4 Å². The number of hydrogen-bond acceptors (Lipinski definition) is 3. The van der Waals surface area contributed by atoms with E-state index in [9.17, 15) is 14.7 Å². The fourth-order valence-electron chi connectivity index (χ4n) is 2.00. The van der Waals surface area contributed by atoms with E-state index in [1.54, 1.807) is 39.0 Å². The van der Waals surface area contributed by atoms with Crippen LogP contribution in [0.5, 0.6) is 0 Å². The highest BCUT2D eigenvalue weighted by Gasteiger charge is 2.41. The molecule has 0 fully saturated rings. The molecule has 92 valence electrons. The molecule has 2 heterocycles. The Hall–Kier alpha value is -1.98. The molecule has 1 aliphatic heterocycles. The lowest BCUT2D eigenvalue weighted by Crippen LogP contribution is -2.54. The third-order valence-corrected chi connectivity index (χ3v) is 3.34. The number of aryl methyl sites for hydroxylation is 1. The summed E-state index contributed by atoms with van der Waals surface area (Å²) in [4.78, 5) is 24.8. The second-order valence-electron chi connectivity index (χ2n) is 4.73. The van der Waals surface area contributed by atoms with Crippen molar-refractivity contribution in [2.75, 3.05) is 17.3 Å². The Labute approximate surface area is 98.8 Å². The van der Waals surface area contributed by atoms with E-state index in [0.29, 0.717) is 11.4 Å². The highest BCUT2D eigenvalue weighted by molar-refractivity contribution is 6.10. The van der Waals surface area contributed by atoms with Gasteiger partial charge >= 0.3 is 5.97 Å². The zero-order valence-corrected chi connectivity index (χ0v) is 10.2. The molecule has 0 saturated carbocycles. The van der Waals surface area contributed by atoms with Gasteiger partial charge in [-0.15, -0.1) is 0 Å². The van der Waals surface area contributed by atoms with E-state index < -0.39 is 11.5 Å². The Kier molecular flexibility index (Phi) is 2.20. The molecule has 1 aromatic rings. The number of fused-ring (bicyclic) bond motifs is 1. The van der Waals surface area contributed by atoms with Crippen molar-refractivity contribution in [2.24, 2.45) is 7.05 Å².